The van der Waals surface area contributed by atoms with Gasteiger partial charge in [0, 0.05) is 10.9 Å². The molecular weight excluding hydrogens is 280 g/mol. The van der Waals surface area contributed by atoms with Gasteiger partial charge in [0.25, 0.3) is 0 Å². The second-order valence-corrected chi connectivity index (χ2v) is 8.58. The molecule has 2 heterocycles. The van der Waals surface area contributed by atoms with Gasteiger partial charge in [0.1, 0.15) is 0 Å². The first-order chi connectivity index (χ1) is 8.89. The van der Waals surface area contributed by atoms with E-state index < -0.39 is 9.84 Å². The van der Waals surface area contributed by atoms with Crippen LogP contribution >= 0.6 is 11.8 Å². The van der Waals surface area contributed by atoms with E-state index >= 15 is 0 Å². The van der Waals surface area contributed by atoms with Crippen molar-refractivity contribution < 1.29 is 8.42 Å². The van der Waals surface area contributed by atoms with Crippen LogP contribution in [0.2, 0.25) is 0 Å². The minimum absolute atomic E-state index is 0.0115. The van der Waals surface area contributed by atoms with Crippen molar-refractivity contribution in [3.63, 3.8) is 0 Å². The Morgan fingerprint density at radius 3 is 2.79 bits per heavy atom. The maximum Gasteiger partial charge on any atom is 0.161 e. The van der Waals surface area contributed by atoms with Crippen molar-refractivity contribution in [1.29, 1.82) is 5.41 Å². The van der Waals surface area contributed by atoms with Crippen LogP contribution in [-0.2, 0) is 9.84 Å². The lowest BCUT2D eigenvalue weighted by molar-refractivity contribution is 0.601. The van der Waals surface area contributed by atoms with E-state index in [1.165, 1.54) is 17.3 Å². The topological polar surface area (TPSA) is 61.2 Å². The van der Waals surface area contributed by atoms with Crippen LogP contribution in [0, 0.1) is 19.3 Å². The molecule has 1 aromatic carbocycles. The van der Waals surface area contributed by atoms with Crippen molar-refractivity contribution in [1.82, 2.24) is 0 Å². The fourth-order valence-electron chi connectivity index (χ4n) is 2.79. The maximum atomic E-state index is 11.8. The Bertz CT molecular complexity index is 655. The van der Waals surface area contributed by atoms with Crippen molar-refractivity contribution in [3.8, 4) is 0 Å². The predicted octanol–water partition coefficient (Wildman–Crippen LogP) is 1.96. The van der Waals surface area contributed by atoms with Gasteiger partial charge in [-0.25, -0.2) is 8.42 Å². The van der Waals surface area contributed by atoms with Crippen LogP contribution in [0.25, 0.3) is 0 Å². The zero-order valence-corrected chi connectivity index (χ0v) is 12.5. The van der Waals surface area contributed by atoms with Gasteiger partial charge in [-0.1, -0.05) is 23.9 Å². The predicted molar refractivity (Wildman–Crippen MR) is 79.9 cm³/mol. The molecule has 0 amide bonds. The van der Waals surface area contributed by atoms with Crippen molar-refractivity contribution in [2.24, 2.45) is 0 Å². The van der Waals surface area contributed by atoms with Gasteiger partial charge >= 0.3 is 0 Å². The van der Waals surface area contributed by atoms with Gasteiger partial charge < -0.3 is 4.90 Å². The molecule has 2 atom stereocenters. The Kier molecular flexibility index (Phi) is 2.90. The van der Waals surface area contributed by atoms with E-state index in [-0.39, 0.29) is 22.8 Å². The molecule has 0 unspecified atom stereocenters. The molecule has 2 aliphatic heterocycles. The van der Waals surface area contributed by atoms with Crippen molar-refractivity contribution >= 4 is 32.5 Å². The molecule has 102 valence electrons. The summed E-state index contributed by atoms with van der Waals surface area (Å²) in [7, 11) is -2.95. The quantitative estimate of drug-likeness (QED) is 0.860. The van der Waals surface area contributed by atoms with Gasteiger partial charge in [-0.3, -0.25) is 5.41 Å². The largest absolute Gasteiger partial charge is 0.316 e. The van der Waals surface area contributed by atoms with Gasteiger partial charge in [-0.05, 0) is 31.0 Å². The van der Waals surface area contributed by atoms with E-state index in [1.807, 2.05) is 36.9 Å². The Labute approximate surface area is 117 Å². The third-order valence-electron chi connectivity index (χ3n) is 3.92. The molecule has 4 nitrogen and oxygen atoms in total. The minimum Gasteiger partial charge on any atom is -0.316 e. The Morgan fingerprint density at radius 1 is 1.32 bits per heavy atom. The number of benzene rings is 1. The lowest BCUT2D eigenvalue weighted by Gasteiger charge is -2.26. The highest BCUT2D eigenvalue weighted by Gasteiger charge is 2.48. The van der Waals surface area contributed by atoms with Gasteiger partial charge in [0.05, 0.1) is 17.5 Å². The number of sulfone groups is 1. The van der Waals surface area contributed by atoms with E-state index in [9.17, 15) is 8.42 Å². The Hall–Kier alpha value is -1.01. The smallest absolute Gasteiger partial charge is 0.161 e. The van der Waals surface area contributed by atoms with E-state index in [0.717, 1.165) is 11.3 Å². The second kappa shape index (κ2) is 4.24. The molecule has 2 saturated heterocycles. The molecule has 0 bridgehead atoms. The average molecular weight is 296 g/mol. The van der Waals surface area contributed by atoms with E-state index in [1.54, 1.807) is 0 Å². The fraction of sp³-hybridized carbons (Fsp3) is 0.462. The summed E-state index contributed by atoms with van der Waals surface area (Å²) < 4.78 is 23.5. The summed E-state index contributed by atoms with van der Waals surface area (Å²) in [4.78, 5) is 1.90. The Morgan fingerprint density at radius 2 is 2.05 bits per heavy atom. The normalized spacial score (nSPS) is 28.7. The minimum atomic E-state index is -2.95. The molecule has 19 heavy (non-hydrogen) atoms. The van der Waals surface area contributed by atoms with Crippen molar-refractivity contribution in [3.05, 3.63) is 29.3 Å². The highest BCUT2D eigenvalue weighted by atomic mass is 32.2. The van der Waals surface area contributed by atoms with Gasteiger partial charge in [-0.15, -0.1) is 0 Å². The number of amidine groups is 1. The number of anilines is 1. The first-order valence-electron chi connectivity index (χ1n) is 6.20. The molecule has 1 N–H and O–H groups in total. The summed E-state index contributed by atoms with van der Waals surface area (Å²) in [5, 5.41) is 8.61. The summed E-state index contributed by atoms with van der Waals surface area (Å²) in [6.45, 7) is 4.06. The molecule has 0 saturated carbocycles. The number of hydrogen-bond acceptors (Lipinski definition) is 4. The molecule has 0 radical (unpaired) electrons. The molecule has 3 rings (SSSR count). The number of thioether (sulfide) groups is 1. The molecular formula is C13H16N2O2S2. The summed E-state index contributed by atoms with van der Waals surface area (Å²) in [6, 6.07) is 5.90. The molecule has 6 heteroatoms. The SMILES string of the molecule is Cc1cccc(N2C(=N)S[C@@H]3CS(=O)(=O)C[C@@H]32)c1C. The first kappa shape index (κ1) is 13.0. The summed E-state index contributed by atoms with van der Waals surface area (Å²) in [6.07, 6.45) is 0. The molecule has 2 fully saturated rings. The van der Waals surface area contributed by atoms with Crippen molar-refractivity contribution in [2.45, 2.75) is 25.1 Å². The third kappa shape index (κ3) is 2.07. The van der Waals surface area contributed by atoms with Crippen LogP contribution in [-0.4, -0.2) is 36.4 Å². The van der Waals surface area contributed by atoms with E-state index in [4.69, 9.17) is 5.41 Å². The zero-order valence-electron chi connectivity index (χ0n) is 10.9. The maximum absolute atomic E-state index is 11.8. The molecule has 0 aliphatic carbocycles. The van der Waals surface area contributed by atoms with Gasteiger partial charge in [-0.2, -0.15) is 0 Å². The van der Waals surface area contributed by atoms with E-state index in [2.05, 4.69) is 0 Å². The van der Waals surface area contributed by atoms with Gasteiger partial charge in [0.2, 0.25) is 0 Å². The summed E-state index contributed by atoms with van der Waals surface area (Å²) in [5.41, 5.74) is 3.26. The lowest BCUT2D eigenvalue weighted by Crippen LogP contribution is -2.37. The van der Waals surface area contributed by atoms with Crippen molar-refractivity contribution in [2.75, 3.05) is 16.4 Å². The van der Waals surface area contributed by atoms with Gasteiger partial charge in [0.15, 0.2) is 15.0 Å². The van der Waals surface area contributed by atoms with E-state index in [0.29, 0.717) is 5.17 Å². The lowest BCUT2D eigenvalue weighted by atomic mass is 10.1. The highest BCUT2D eigenvalue weighted by molar-refractivity contribution is 8.15. The number of nitrogens with zero attached hydrogens (tertiary/aromatic N) is 1. The fourth-order valence-corrected chi connectivity index (χ4v) is 6.57. The standard InChI is InChI=1S/C13H16N2O2S2/c1-8-4-3-5-10(9(8)2)15-11-6-19(16,17)7-12(11)18-13(15)14/h3-5,11-12,14H,6-7H2,1-2H3/t11-,12+/m0/s1. The molecule has 0 spiro atoms. The monoisotopic (exact) mass is 296 g/mol. The number of fused-ring (bicyclic) bond motifs is 1. The Balaban J connectivity index is 2.05. The van der Waals surface area contributed by atoms with Crippen LogP contribution in [0.5, 0.6) is 0 Å². The molecule has 1 aromatic rings. The molecule has 0 aromatic heterocycles. The number of rotatable bonds is 1. The summed E-state index contributed by atoms with van der Waals surface area (Å²) in [5.74, 6) is 0.368. The van der Waals surface area contributed by atoms with Crippen LogP contribution in [0.3, 0.4) is 0 Å². The number of hydrogen-bond donors (Lipinski definition) is 1. The van der Waals surface area contributed by atoms with Crippen LogP contribution in [0.15, 0.2) is 18.2 Å². The first-order valence-corrected chi connectivity index (χ1v) is 8.90. The third-order valence-corrected chi connectivity index (χ3v) is 7.05. The average Bonchev–Trinajstić information content (AvgIpc) is 2.73. The second-order valence-electron chi connectivity index (χ2n) is 5.19. The highest BCUT2D eigenvalue weighted by Crippen LogP contribution is 2.41. The molecule has 2 aliphatic rings. The number of aryl methyl sites for hydroxylation is 1. The summed E-state index contributed by atoms with van der Waals surface area (Å²) >= 11 is 1.39. The van der Waals surface area contributed by atoms with Crippen LogP contribution < -0.4 is 4.90 Å². The number of nitrogens with one attached hydrogen (secondary N) is 1. The van der Waals surface area contributed by atoms with Crippen LogP contribution in [0.4, 0.5) is 5.69 Å². The van der Waals surface area contributed by atoms with Crippen LogP contribution in [0.1, 0.15) is 11.1 Å². The zero-order chi connectivity index (χ0) is 13.8.